The Morgan fingerprint density at radius 1 is 1.30 bits per heavy atom. The minimum atomic E-state index is -0.00665. The molecular formula is C16H20N2O2. The number of rotatable bonds is 4. The van der Waals surface area contributed by atoms with Crippen LogP contribution in [0.2, 0.25) is 0 Å². The van der Waals surface area contributed by atoms with E-state index in [9.17, 15) is 4.79 Å². The molecule has 1 aromatic heterocycles. The number of hydrogen-bond donors (Lipinski definition) is 1. The van der Waals surface area contributed by atoms with Crippen molar-refractivity contribution in [3.8, 4) is 17.0 Å². The highest BCUT2D eigenvalue weighted by Gasteiger charge is 2.12. The van der Waals surface area contributed by atoms with Gasteiger partial charge < -0.3 is 15.0 Å². The number of ether oxygens (including phenoxy) is 1. The summed E-state index contributed by atoms with van der Waals surface area (Å²) >= 11 is 0. The van der Waals surface area contributed by atoms with Crippen LogP contribution in [0.15, 0.2) is 35.1 Å². The maximum atomic E-state index is 12.5. The quantitative estimate of drug-likeness (QED) is 0.929. The Morgan fingerprint density at radius 2 is 2.05 bits per heavy atom. The van der Waals surface area contributed by atoms with Gasteiger partial charge in [0.1, 0.15) is 5.75 Å². The van der Waals surface area contributed by atoms with Crippen molar-refractivity contribution in [2.45, 2.75) is 26.9 Å². The van der Waals surface area contributed by atoms with Crippen LogP contribution < -0.4 is 16.0 Å². The molecular weight excluding hydrogens is 252 g/mol. The predicted octanol–water partition coefficient (Wildman–Crippen LogP) is 2.31. The van der Waals surface area contributed by atoms with Crippen molar-refractivity contribution in [3.63, 3.8) is 0 Å². The molecule has 0 bridgehead atoms. The van der Waals surface area contributed by atoms with Crippen molar-refractivity contribution in [2.24, 2.45) is 5.73 Å². The fourth-order valence-electron chi connectivity index (χ4n) is 2.39. The van der Waals surface area contributed by atoms with Crippen LogP contribution >= 0.6 is 0 Å². The summed E-state index contributed by atoms with van der Waals surface area (Å²) in [6.07, 6.45) is 0. The van der Waals surface area contributed by atoms with E-state index in [-0.39, 0.29) is 12.1 Å². The average Bonchev–Trinajstić information content (AvgIpc) is 2.47. The molecule has 0 aliphatic carbocycles. The molecule has 2 N–H and O–H groups in total. The molecule has 0 fully saturated rings. The predicted molar refractivity (Wildman–Crippen MR) is 81.0 cm³/mol. The highest BCUT2D eigenvalue weighted by molar-refractivity contribution is 5.63. The SMILES string of the molecule is CCn1c(-c2cccc(OC)c2)cc(C)c(CN)c1=O. The maximum Gasteiger partial charge on any atom is 0.255 e. The van der Waals surface area contributed by atoms with Gasteiger partial charge in [0.25, 0.3) is 5.56 Å². The Bertz CT molecular complexity index is 675. The van der Waals surface area contributed by atoms with E-state index in [1.807, 2.05) is 44.2 Å². The molecule has 0 amide bonds. The highest BCUT2D eigenvalue weighted by Crippen LogP contribution is 2.24. The van der Waals surface area contributed by atoms with Crippen molar-refractivity contribution in [1.29, 1.82) is 0 Å². The van der Waals surface area contributed by atoms with Crippen LogP contribution in [-0.2, 0) is 13.1 Å². The summed E-state index contributed by atoms with van der Waals surface area (Å²) in [4.78, 5) is 12.5. The largest absolute Gasteiger partial charge is 0.497 e. The molecule has 0 saturated carbocycles. The van der Waals surface area contributed by atoms with Gasteiger partial charge in [0, 0.05) is 24.2 Å². The summed E-state index contributed by atoms with van der Waals surface area (Å²) in [6.45, 7) is 4.76. The van der Waals surface area contributed by atoms with Gasteiger partial charge in [-0.1, -0.05) is 12.1 Å². The first kappa shape index (κ1) is 14.3. The summed E-state index contributed by atoms with van der Waals surface area (Å²) < 4.78 is 7.00. The molecule has 0 unspecified atom stereocenters. The summed E-state index contributed by atoms with van der Waals surface area (Å²) in [7, 11) is 1.63. The molecule has 0 aliphatic heterocycles. The molecule has 106 valence electrons. The molecule has 2 rings (SSSR count). The summed E-state index contributed by atoms with van der Waals surface area (Å²) in [5, 5.41) is 0. The van der Waals surface area contributed by atoms with Crippen LogP contribution in [0.4, 0.5) is 0 Å². The van der Waals surface area contributed by atoms with E-state index < -0.39 is 0 Å². The number of nitrogens with zero attached hydrogens (tertiary/aromatic N) is 1. The number of hydrogen-bond acceptors (Lipinski definition) is 3. The van der Waals surface area contributed by atoms with Crippen LogP contribution in [0.5, 0.6) is 5.75 Å². The van der Waals surface area contributed by atoms with Crippen molar-refractivity contribution >= 4 is 0 Å². The lowest BCUT2D eigenvalue weighted by atomic mass is 10.0. The third kappa shape index (κ3) is 2.47. The van der Waals surface area contributed by atoms with Crippen molar-refractivity contribution in [3.05, 3.63) is 51.8 Å². The monoisotopic (exact) mass is 272 g/mol. The molecule has 1 aromatic carbocycles. The average molecular weight is 272 g/mol. The van der Waals surface area contributed by atoms with Gasteiger partial charge in [-0.3, -0.25) is 4.79 Å². The lowest BCUT2D eigenvalue weighted by Crippen LogP contribution is -2.27. The third-order valence-corrected chi connectivity index (χ3v) is 3.51. The van der Waals surface area contributed by atoms with Gasteiger partial charge in [-0.25, -0.2) is 0 Å². The zero-order valence-electron chi connectivity index (χ0n) is 12.1. The van der Waals surface area contributed by atoms with Crippen LogP contribution in [0.25, 0.3) is 11.3 Å². The van der Waals surface area contributed by atoms with Gasteiger partial charge >= 0.3 is 0 Å². The molecule has 20 heavy (non-hydrogen) atoms. The second-order valence-electron chi connectivity index (χ2n) is 4.68. The molecule has 1 heterocycles. The zero-order chi connectivity index (χ0) is 14.7. The summed E-state index contributed by atoms with van der Waals surface area (Å²) in [5.74, 6) is 0.776. The fraction of sp³-hybridized carbons (Fsp3) is 0.312. The number of aromatic nitrogens is 1. The Morgan fingerprint density at radius 3 is 2.65 bits per heavy atom. The first-order chi connectivity index (χ1) is 9.62. The smallest absolute Gasteiger partial charge is 0.255 e. The second kappa shape index (κ2) is 5.92. The number of pyridine rings is 1. The Labute approximate surface area is 118 Å². The summed E-state index contributed by atoms with van der Waals surface area (Å²) in [5.41, 5.74) is 9.14. The molecule has 0 saturated heterocycles. The first-order valence-corrected chi connectivity index (χ1v) is 6.70. The summed E-state index contributed by atoms with van der Waals surface area (Å²) in [6, 6.07) is 9.74. The van der Waals surface area contributed by atoms with Crippen molar-refractivity contribution in [2.75, 3.05) is 7.11 Å². The van der Waals surface area contributed by atoms with E-state index >= 15 is 0 Å². The van der Waals surface area contributed by atoms with E-state index in [4.69, 9.17) is 10.5 Å². The normalized spacial score (nSPS) is 10.6. The third-order valence-electron chi connectivity index (χ3n) is 3.51. The van der Waals surface area contributed by atoms with Crippen LogP contribution in [-0.4, -0.2) is 11.7 Å². The van der Waals surface area contributed by atoms with Gasteiger partial charge in [-0.15, -0.1) is 0 Å². The Kier molecular flexibility index (Phi) is 4.25. The van der Waals surface area contributed by atoms with E-state index in [1.54, 1.807) is 11.7 Å². The molecule has 2 aromatic rings. The van der Waals surface area contributed by atoms with E-state index in [2.05, 4.69) is 0 Å². The van der Waals surface area contributed by atoms with Gasteiger partial charge in [-0.2, -0.15) is 0 Å². The van der Waals surface area contributed by atoms with Gasteiger partial charge in [0.05, 0.1) is 12.8 Å². The maximum absolute atomic E-state index is 12.5. The van der Waals surface area contributed by atoms with E-state index in [1.165, 1.54) is 0 Å². The molecule has 0 radical (unpaired) electrons. The molecule has 4 nitrogen and oxygen atoms in total. The van der Waals surface area contributed by atoms with Crippen LogP contribution in [0, 0.1) is 6.92 Å². The van der Waals surface area contributed by atoms with Crippen LogP contribution in [0.3, 0.4) is 0 Å². The first-order valence-electron chi connectivity index (χ1n) is 6.70. The minimum absolute atomic E-state index is 0.00665. The molecule has 4 heteroatoms. The molecule has 0 atom stereocenters. The Hall–Kier alpha value is -2.07. The molecule has 0 aliphatic rings. The number of benzene rings is 1. The number of aryl methyl sites for hydroxylation is 1. The van der Waals surface area contributed by atoms with Gasteiger partial charge in [0.2, 0.25) is 0 Å². The number of nitrogens with two attached hydrogens (primary N) is 1. The minimum Gasteiger partial charge on any atom is -0.497 e. The highest BCUT2D eigenvalue weighted by atomic mass is 16.5. The van der Waals surface area contributed by atoms with Gasteiger partial charge in [-0.05, 0) is 37.6 Å². The second-order valence-corrected chi connectivity index (χ2v) is 4.68. The van der Waals surface area contributed by atoms with Gasteiger partial charge in [0.15, 0.2) is 0 Å². The fourth-order valence-corrected chi connectivity index (χ4v) is 2.39. The zero-order valence-corrected chi connectivity index (χ0v) is 12.1. The lowest BCUT2D eigenvalue weighted by Gasteiger charge is -2.15. The van der Waals surface area contributed by atoms with E-state index in [0.29, 0.717) is 12.1 Å². The topological polar surface area (TPSA) is 57.2 Å². The van der Waals surface area contributed by atoms with Crippen LogP contribution in [0.1, 0.15) is 18.1 Å². The standard InChI is InChI=1S/C16H20N2O2/c1-4-18-15(8-11(2)14(10-17)16(18)19)12-6-5-7-13(9-12)20-3/h5-9H,4,10,17H2,1-3H3. The Balaban J connectivity index is 2.70. The van der Waals surface area contributed by atoms with Crippen molar-refractivity contribution < 1.29 is 4.74 Å². The molecule has 0 spiro atoms. The lowest BCUT2D eigenvalue weighted by molar-refractivity contribution is 0.415. The number of methoxy groups -OCH3 is 1. The van der Waals surface area contributed by atoms with E-state index in [0.717, 1.165) is 22.6 Å². The van der Waals surface area contributed by atoms with Crippen molar-refractivity contribution in [1.82, 2.24) is 4.57 Å².